The number of nitrogens with one attached hydrogen (secondary N) is 1. The number of carboxylic acid groups (broad SMARTS) is 1. The molecule has 6 nitrogen and oxygen atoms in total. The Morgan fingerprint density at radius 1 is 1.35 bits per heavy atom. The minimum atomic E-state index is -0.884. The second-order valence-electron chi connectivity index (χ2n) is 5.63. The molecule has 0 aliphatic heterocycles. The van der Waals surface area contributed by atoms with Gasteiger partial charge in [-0.3, -0.25) is 14.3 Å². The van der Waals surface area contributed by atoms with Gasteiger partial charge in [0.2, 0.25) is 5.91 Å². The third-order valence-corrected chi connectivity index (χ3v) is 4.32. The second-order valence-corrected chi connectivity index (χ2v) is 5.63. The first-order valence-electron chi connectivity index (χ1n) is 6.69. The molecule has 4 atom stereocenters. The Labute approximate surface area is 116 Å². The van der Waals surface area contributed by atoms with E-state index in [0.717, 1.165) is 12.1 Å². The molecule has 1 fully saturated rings. The smallest absolute Gasteiger partial charge is 0.307 e. The topological polar surface area (TPSA) is 84.2 Å². The van der Waals surface area contributed by atoms with E-state index in [1.54, 1.807) is 17.9 Å². The highest BCUT2D eigenvalue weighted by molar-refractivity contribution is 5.96. The van der Waals surface area contributed by atoms with Gasteiger partial charge in [0, 0.05) is 13.2 Å². The van der Waals surface area contributed by atoms with E-state index in [2.05, 4.69) is 10.4 Å². The minimum Gasteiger partial charge on any atom is -0.481 e. The van der Waals surface area contributed by atoms with Gasteiger partial charge in [-0.15, -0.1) is 0 Å². The molecule has 0 aromatic carbocycles. The van der Waals surface area contributed by atoms with Crippen LogP contribution in [0.25, 0.3) is 0 Å². The lowest BCUT2D eigenvalue weighted by Crippen LogP contribution is -2.36. The molecule has 1 aromatic rings. The molecule has 0 radical (unpaired) electrons. The highest BCUT2D eigenvalue weighted by Crippen LogP contribution is 2.48. The van der Waals surface area contributed by atoms with Gasteiger partial charge in [0.25, 0.3) is 0 Å². The summed E-state index contributed by atoms with van der Waals surface area (Å²) in [6.45, 7) is 1.81. The summed E-state index contributed by atoms with van der Waals surface area (Å²) in [4.78, 5) is 23.8. The van der Waals surface area contributed by atoms with Crippen LogP contribution >= 0.6 is 0 Å². The van der Waals surface area contributed by atoms with Gasteiger partial charge < -0.3 is 10.4 Å². The molecule has 3 rings (SSSR count). The molecule has 0 spiro atoms. The van der Waals surface area contributed by atoms with Crippen molar-refractivity contribution in [3.8, 4) is 0 Å². The van der Waals surface area contributed by atoms with Crippen LogP contribution in [-0.2, 0) is 16.6 Å². The monoisotopic (exact) mass is 275 g/mol. The predicted octanol–water partition coefficient (Wildman–Crippen LogP) is 1.19. The Hall–Kier alpha value is -2.11. The third kappa shape index (κ3) is 1.92. The number of anilines is 1. The molecular weight excluding hydrogens is 258 g/mol. The first kappa shape index (κ1) is 12.9. The number of aryl methyl sites for hydroxylation is 2. The Balaban J connectivity index is 1.81. The zero-order chi connectivity index (χ0) is 14.4. The number of hydrogen-bond donors (Lipinski definition) is 2. The molecule has 1 heterocycles. The summed E-state index contributed by atoms with van der Waals surface area (Å²) in [5.74, 6) is -2.17. The van der Waals surface area contributed by atoms with E-state index >= 15 is 0 Å². The zero-order valence-corrected chi connectivity index (χ0v) is 11.4. The first-order chi connectivity index (χ1) is 9.47. The zero-order valence-electron chi connectivity index (χ0n) is 11.4. The average molecular weight is 275 g/mol. The largest absolute Gasteiger partial charge is 0.481 e. The van der Waals surface area contributed by atoms with Gasteiger partial charge in [-0.05, 0) is 25.2 Å². The van der Waals surface area contributed by atoms with Crippen molar-refractivity contribution in [1.82, 2.24) is 9.78 Å². The van der Waals surface area contributed by atoms with Crippen LogP contribution < -0.4 is 5.32 Å². The van der Waals surface area contributed by atoms with E-state index in [4.69, 9.17) is 0 Å². The Bertz CT molecular complexity index is 605. The number of rotatable bonds is 3. The van der Waals surface area contributed by atoms with Gasteiger partial charge in [-0.2, -0.15) is 5.10 Å². The molecule has 106 valence electrons. The van der Waals surface area contributed by atoms with Crippen molar-refractivity contribution in [2.75, 3.05) is 5.32 Å². The third-order valence-electron chi connectivity index (χ3n) is 4.32. The minimum absolute atomic E-state index is 0.0109. The summed E-state index contributed by atoms with van der Waals surface area (Å²) in [7, 11) is 1.78. The van der Waals surface area contributed by atoms with Crippen LogP contribution in [0.2, 0.25) is 0 Å². The maximum Gasteiger partial charge on any atom is 0.307 e. The highest BCUT2D eigenvalue weighted by atomic mass is 16.4. The van der Waals surface area contributed by atoms with E-state index in [-0.39, 0.29) is 17.7 Å². The highest BCUT2D eigenvalue weighted by Gasteiger charge is 2.51. The number of aromatic nitrogens is 2. The number of fused-ring (bicyclic) bond motifs is 2. The van der Waals surface area contributed by atoms with E-state index in [1.165, 1.54) is 0 Å². The number of hydrogen-bond acceptors (Lipinski definition) is 3. The molecule has 4 unspecified atom stereocenters. The Morgan fingerprint density at radius 3 is 2.55 bits per heavy atom. The molecule has 1 aromatic heterocycles. The van der Waals surface area contributed by atoms with Crippen LogP contribution in [0.15, 0.2) is 18.3 Å². The molecule has 2 aliphatic rings. The normalized spacial score (nSPS) is 30.7. The van der Waals surface area contributed by atoms with Crippen LogP contribution in [-0.4, -0.2) is 26.8 Å². The Kier molecular flexibility index (Phi) is 2.88. The molecule has 1 saturated carbocycles. The van der Waals surface area contributed by atoms with Crippen molar-refractivity contribution < 1.29 is 14.7 Å². The molecule has 2 N–H and O–H groups in total. The maximum absolute atomic E-state index is 12.4. The van der Waals surface area contributed by atoms with Crippen molar-refractivity contribution >= 4 is 17.6 Å². The number of carbonyl (C=O) groups is 2. The van der Waals surface area contributed by atoms with E-state index in [9.17, 15) is 14.7 Å². The standard InChI is InChI=1S/C14H17N3O3/c1-7-10(6-17(2)16-7)15-13(18)11-8-3-4-9(5-8)12(11)14(19)20/h3-4,6,8-9,11-12H,5H2,1-2H3,(H,15,18)(H,19,20). The van der Waals surface area contributed by atoms with Gasteiger partial charge in [0.1, 0.15) is 0 Å². The van der Waals surface area contributed by atoms with Gasteiger partial charge in [0.05, 0.1) is 23.2 Å². The van der Waals surface area contributed by atoms with E-state index < -0.39 is 17.8 Å². The number of carboxylic acids is 1. The maximum atomic E-state index is 12.4. The molecule has 20 heavy (non-hydrogen) atoms. The molecule has 2 aliphatic carbocycles. The number of carbonyl (C=O) groups excluding carboxylic acids is 1. The quantitative estimate of drug-likeness (QED) is 0.812. The lowest BCUT2D eigenvalue weighted by molar-refractivity contribution is -0.146. The molecule has 1 amide bonds. The van der Waals surface area contributed by atoms with Crippen molar-refractivity contribution in [1.29, 1.82) is 0 Å². The summed E-state index contributed by atoms with van der Waals surface area (Å²) in [6.07, 6.45) is 6.40. The molecule has 0 saturated heterocycles. The van der Waals surface area contributed by atoms with Crippen LogP contribution in [0.5, 0.6) is 0 Å². The van der Waals surface area contributed by atoms with Gasteiger partial charge in [-0.1, -0.05) is 12.2 Å². The fraction of sp³-hybridized carbons (Fsp3) is 0.500. The Morgan fingerprint density at radius 2 is 2.00 bits per heavy atom. The number of nitrogens with zero attached hydrogens (tertiary/aromatic N) is 2. The average Bonchev–Trinajstić information content (AvgIpc) is 3.03. The first-order valence-corrected chi connectivity index (χ1v) is 6.69. The van der Waals surface area contributed by atoms with E-state index in [0.29, 0.717) is 5.69 Å². The van der Waals surface area contributed by atoms with Crippen molar-refractivity contribution in [2.45, 2.75) is 13.3 Å². The van der Waals surface area contributed by atoms with E-state index in [1.807, 2.05) is 19.1 Å². The van der Waals surface area contributed by atoms with Crippen LogP contribution in [0.1, 0.15) is 12.1 Å². The molecule has 6 heteroatoms. The van der Waals surface area contributed by atoms with Gasteiger partial charge in [-0.25, -0.2) is 0 Å². The summed E-state index contributed by atoms with van der Waals surface area (Å²) < 4.78 is 1.63. The summed E-state index contributed by atoms with van der Waals surface area (Å²) in [6, 6.07) is 0. The van der Waals surface area contributed by atoms with Crippen LogP contribution in [0.3, 0.4) is 0 Å². The van der Waals surface area contributed by atoms with Crippen molar-refractivity contribution in [3.63, 3.8) is 0 Å². The summed E-state index contributed by atoms with van der Waals surface area (Å²) >= 11 is 0. The SMILES string of the molecule is Cc1nn(C)cc1NC(=O)C1C2C=CC(C2)C1C(=O)O. The summed E-state index contributed by atoms with van der Waals surface area (Å²) in [5, 5.41) is 16.3. The van der Waals surface area contributed by atoms with Crippen molar-refractivity contribution in [3.05, 3.63) is 24.0 Å². The van der Waals surface area contributed by atoms with Gasteiger partial charge in [0.15, 0.2) is 0 Å². The van der Waals surface area contributed by atoms with Crippen molar-refractivity contribution in [2.24, 2.45) is 30.7 Å². The fourth-order valence-electron chi connectivity index (χ4n) is 3.45. The fourth-order valence-corrected chi connectivity index (χ4v) is 3.45. The van der Waals surface area contributed by atoms with Gasteiger partial charge >= 0.3 is 5.97 Å². The lowest BCUT2D eigenvalue weighted by Gasteiger charge is -2.23. The summed E-state index contributed by atoms with van der Waals surface area (Å²) in [5.41, 5.74) is 1.37. The van der Waals surface area contributed by atoms with Crippen LogP contribution in [0, 0.1) is 30.6 Å². The lowest BCUT2D eigenvalue weighted by atomic mass is 9.82. The predicted molar refractivity (Wildman–Crippen MR) is 71.9 cm³/mol. The molecular formula is C14H17N3O3. The second kappa shape index (κ2) is 4.47. The van der Waals surface area contributed by atoms with Crippen LogP contribution in [0.4, 0.5) is 5.69 Å². The number of amides is 1. The number of aliphatic carboxylic acids is 1. The number of allylic oxidation sites excluding steroid dienone is 2. The molecule has 2 bridgehead atoms.